The summed E-state index contributed by atoms with van der Waals surface area (Å²) < 4.78 is 0. The van der Waals surface area contributed by atoms with E-state index in [0.29, 0.717) is 12.8 Å². The van der Waals surface area contributed by atoms with Gasteiger partial charge in [-0.2, -0.15) is 0 Å². The molecule has 0 saturated carbocycles. The molecule has 1 amide bonds. The van der Waals surface area contributed by atoms with Gasteiger partial charge in [-0.1, -0.05) is 212 Å². The van der Waals surface area contributed by atoms with Gasteiger partial charge in [-0.3, -0.25) is 4.79 Å². The van der Waals surface area contributed by atoms with Gasteiger partial charge in [-0.15, -0.1) is 0 Å². The summed E-state index contributed by atoms with van der Waals surface area (Å²) in [5.74, 6) is -0.146. The van der Waals surface area contributed by atoms with Crippen LogP contribution in [0.1, 0.15) is 245 Å². The molecule has 5 nitrogen and oxygen atoms in total. The number of unbranched alkanes of at least 4 members (excludes halogenated alkanes) is 31. The Morgan fingerprint density at radius 2 is 0.800 bits per heavy atom. The summed E-state index contributed by atoms with van der Waals surface area (Å²) in [4.78, 5) is 12.4. The fourth-order valence-corrected chi connectivity index (χ4v) is 7.10. The van der Waals surface area contributed by atoms with Crippen molar-refractivity contribution in [3.05, 3.63) is 12.2 Å². The molecule has 0 bridgehead atoms. The Morgan fingerprint density at radius 1 is 0.480 bits per heavy atom. The van der Waals surface area contributed by atoms with Crippen molar-refractivity contribution in [2.24, 2.45) is 0 Å². The third kappa shape index (κ3) is 35.5. The topological polar surface area (TPSA) is 89.8 Å². The van der Waals surface area contributed by atoms with Gasteiger partial charge in [0.25, 0.3) is 0 Å². The second-order valence-corrected chi connectivity index (χ2v) is 15.6. The Kier molecular flexibility index (Phi) is 40.1. The molecule has 0 fully saturated rings. The van der Waals surface area contributed by atoms with Crippen LogP contribution in [0.4, 0.5) is 0 Å². The first kappa shape index (κ1) is 49.1. The molecule has 0 aliphatic heterocycles. The van der Waals surface area contributed by atoms with Gasteiger partial charge in [-0.25, -0.2) is 0 Å². The minimum absolute atomic E-state index is 0.146. The third-order valence-electron chi connectivity index (χ3n) is 10.6. The maximum atomic E-state index is 12.4. The van der Waals surface area contributed by atoms with Crippen LogP contribution >= 0.6 is 0 Å². The lowest BCUT2D eigenvalue weighted by molar-refractivity contribution is -0.124. The van der Waals surface area contributed by atoms with E-state index >= 15 is 0 Å². The number of hydrogen-bond acceptors (Lipinski definition) is 4. The highest BCUT2D eigenvalue weighted by molar-refractivity contribution is 5.76. The molecular weight excluding hydrogens is 618 g/mol. The molecular formula is C45H89NO4. The molecule has 5 heteroatoms. The van der Waals surface area contributed by atoms with Crippen molar-refractivity contribution in [1.82, 2.24) is 5.32 Å². The van der Waals surface area contributed by atoms with Crippen molar-refractivity contribution < 1.29 is 20.1 Å². The van der Waals surface area contributed by atoms with Crippen molar-refractivity contribution >= 4 is 5.91 Å². The quantitative estimate of drug-likeness (QED) is 0.0376. The zero-order chi connectivity index (χ0) is 36.6. The van der Waals surface area contributed by atoms with Crippen LogP contribution in [0.5, 0.6) is 0 Å². The first-order valence-corrected chi connectivity index (χ1v) is 22.5. The number of aliphatic hydroxyl groups excluding tert-OH is 3. The van der Waals surface area contributed by atoms with E-state index in [2.05, 4.69) is 31.3 Å². The number of carbonyl (C=O) groups excluding carboxylic acids is 1. The Balaban J connectivity index is 3.60. The van der Waals surface area contributed by atoms with Gasteiger partial charge in [0.2, 0.25) is 5.91 Å². The number of carbonyl (C=O) groups is 1. The maximum Gasteiger partial charge on any atom is 0.220 e. The summed E-state index contributed by atoms with van der Waals surface area (Å²) in [7, 11) is 0. The number of hydrogen-bond donors (Lipinski definition) is 4. The van der Waals surface area contributed by atoms with Crippen LogP contribution in [0, 0.1) is 0 Å². The van der Waals surface area contributed by atoms with Crippen molar-refractivity contribution in [3.63, 3.8) is 0 Å². The van der Waals surface area contributed by atoms with E-state index in [1.165, 1.54) is 180 Å². The molecule has 0 radical (unpaired) electrons. The molecule has 0 spiro atoms. The SMILES string of the molecule is CCCCCCCCCCCC/C=C\CCCCCCCCCC(=O)NC(CO)C(O)C(O)CCCCCCCCCCCCCCCCC. The summed E-state index contributed by atoms with van der Waals surface area (Å²) in [5.41, 5.74) is 0. The molecule has 0 heterocycles. The van der Waals surface area contributed by atoms with Gasteiger partial charge >= 0.3 is 0 Å². The molecule has 0 aliphatic carbocycles. The normalized spacial score (nSPS) is 13.6. The number of allylic oxidation sites excluding steroid dienone is 2. The summed E-state index contributed by atoms with van der Waals surface area (Å²) in [6, 6.07) is -0.808. The minimum atomic E-state index is -1.13. The molecule has 0 saturated heterocycles. The van der Waals surface area contributed by atoms with Gasteiger partial charge in [0.1, 0.15) is 6.10 Å². The number of rotatable bonds is 41. The number of amides is 1. The second kappa shape index (κ2) is 40.9. The second-order valence-electron chi connectivity index (χ2n) is 15.6. The highest BCUT2D eigenvalue weighted by Gasteiger charge is 2.26. The van der Waals surface area contributed by atoms with Gasteiger partial charge in [0.05, 0.1) is 18.8 Å². The molecule has 0 aliphatic rings. The van der Waals surface area contributed by atoms with Crippen molar-refractivity contribution in [2.75, 3.05) is 6.61 Å². The maximum absolute atomic E-state index is 12.4. The van der Waals surface area contributed by atoms with Crippen LogP contribution in [0.3, 0.4) is 0 Å². The van der Waals surface area contributed by atoms with Gasteiger partial charge in [-0.05, 0) is 38.5 Å². The largest absolute Gasteiger partial charge is 0.394 e. The molecule has 3 atom stereocenters. The molecule has 50 heavy (non-hydrogen) atoms. The zero-order valence-corrected chi connectivity index (χ0v) is 33.8. The predicted molar refractivity (Wildman–Crippen MR) is 218 cm³/mol. The standard InChI is InChI=1S/C45H89NO4/c1-3-5-7-9-11-13-15-17-19-20-21-22-23-24-26-28-30-32-34-36-38-40-44(49)46-42(41-47)45(50)43(48)39-37-35-33-31-29-27-25-18-16-14-12-10-8-6-4-2/h22-23,42-43,45,47-48,50H,3-21,24-41H2,1-2H3,(H,46,49)/b23-22-. The van der Waals surface area contributed by atoms with Crippen molar-refractivity contribution in [3.8, 4) is 0 Å². The molecule has 0 aromatic carbocycles. The highest BCUT2D eigenvalue weighted by Crippen LogP contribution is 2.16. The third-order valence-corrected chi connectivity index (χ3v) is 10.6. The van der Waals surface area contributed by atoms with E-state index in [9.17, 15) is 20.1 Å². The number of aliphatic hydroxyl groups is 3. The van der Waals surface area contributed by atoms with E-state index < -0.39 is 18.2 Å². The molecule has 4 N–H and O–H groups in total. The average molecular weight is 708 g/mol. The van der Waals surface area contributed by atoms with Crippen molar-refractivity contribution in [1.29, 1.82) is 0 Å². The summed E-state index contributed by atoms with van der Waals surface area (Å²) >= 11 is 0. The highest BCUT2D eigenvalue weighted by atomic mass is 16.3. The van der Waals surface area contributed by atoms with E-state index in [4.69, 9.17) is 0 Å². The molecule has 298 valence electrons. The monoisotopic (exact) mass is 708 g/mol. The Labute approximate surface area is 312 Å². The molecule has 3 unspecified atom stereocenters. The fraction of sp³-hybridized carbons (Fsp3) is 0.933. The zero-order valence-electron chi connectivity index (χ0n) is 33.8. The van der Waals surface area contributed by atoms with E-state index in [1.54, 1.807) is 0 Å². The van der Waals surface area contributed by atoms with Crippen LogP contribution in [0.25, 0.3) is 0 Å². The van der Waals surface area contributed by atoms with Crippen LogP contribution in [0.15, 0.2) is 12.2 Å². The molecule has 0 aromatic heterocycles. The van der Waals surface area contributed by atoms with Crippen LogP contribution in [0.2, 0.25) is 0 Å². The van der Waals surface area contributed by atoms with Gasteiger partial charge < -0.3 is 20.6 Å². The van der Waals surface area contributed by atoms with Crippen LogP contribution in [-0.2, 0) is 4.79 Å². The summed E-state index contributed by atoms with van der Waals surface area (Å²) in [5, 5.41) is 33.5. The summed E-state index contributed by atoms with van der Waals surface area (Å²) in [6.07, 6.45) is 47.5. The molecule has 0 aromatic rings. The lowest BCUT2D eigenvalue weighted by Gasteiger charge is -2.26. The van der Waals surface area contributed by atoms with E-state index in [-0.39, 0.29) is 12.5 Å². The van der Waals surface area contributed by atoms with E-state index in [0.717, 1.165) is 38.5 Å². The minimum Gasteiger partial charge on any atom is -0.394 e. The van der Waals surface area contributed by atoms with E-state index in [1.807, 2.05) is 0 Å². The Morgan fingerprint density at radius 3 is 1.16 bits per heavy atom. The van der Waals surface area contributed by atoms with Crippen LogP contribution < -0.4 is 5.32 Å². The Bertz CT molecular complexity index is 699. The van der Waals surface area contributed by atoms with Crippen LogP contribution in [-0.4, -0.2) is 46.1 Å². The van der Waals surface area contributed by atoms with Gasteiger partial charge in [0.15, 0.2) is 0 Å². The summed E-state index contributed by atoms with van der Waals surface area (Å²) in [6.45, 7) is 4.19. The molecule has 0 rings (SSSR count). The first-order chi connectivity index (χ1) is 24.6. The van der Waals surface area contributed by atoms with Gasteiger partial charge in [0, 0.05) is 6.42 Å². The first-order valence-electron chi connectivity index (χ1n) is 22.5. The average Bonchev–Trinajstić information content (AvgIpc) is 3.12. The number of nitrogens with one attached hydrogen (secondary N) is 1. The predicted octanol–water partition coefficient (Wildman–Crippen LogP) is 12.8. The van der Waals surface area contributed by atoms with Crippen molar-refractivity contribution in [2.45, 2.75) is 263 Å². The smallest absolute Gasteiger partial charge is 0.220 e. The Hall–Kier alpha value is -0.910. The lowest BCUT2D eigenvalue weighted by atomic mass is 9.99. The lowest BCUT2D eigenvalue weighted by Crippen LogP contribution is -2.50. The fourth-order valence-electron chi connectivity index (χ4n) is 7.10.